The summed E-state index contributed by atoms with van der Waals surface area (Å²) in [6, 6.07) is 14.8. The molecular formula is C70H77N15O11S6. The van der Waals surface area contributed by atoms with Gasteiger partial charge in [-0.3, -0.25) is 38.5 Å². The number of carboxylic acid groups (broad SMARTS) is 1. The van der Waals surface area contributed by atoms with E-state index in [1.807, 2.05) is 36.6 Å². The Morgan fingerprint density at radius 2 is 1.30 bits per heavy atom. The number of aliphatic carboxylic acids is 1. The van der Waals surface area contributed by atoms with Crippen LogP contribution in [0.1, 0.15) is 157 Å². The number of nitrogens with two attached hydrogens (primary N) is 1. The van der Waals surface area contributed by atoms with E-state index in [1.165, 1.54) is 39.4 Å². The summed E-state index contributed by atoms with van der Waals surface area (Å²) in [6.45, 7) is 15.7. The summed E-state index contributed by atoms with van der Waals surface area (Å²) in [4.78, 5) is 138. The predicted molar refractivity (Wildman–Crippen MR) is 391 cm³/mol. The van der Waals surface area contributed by atoms with Crippen molar-refractivity contribution in [2.75, 3.05) is 52.4 Å². The molecule has 7 aromatic heterocycles. The van der Waals surface area contributed by atoms with Crippen molar-refractivity contribution in [2.45, 2.75) is 116 Å². The number of thiazole rings is 6. The van der Waals surface area contributed by atoms with Gasteiger partial charge in [0.05, 0.1) is 36.2 Å². The van der Waals surface area contributed by atoms with Crippen LogP contribution in [0.15, 0.2) is 93.6 Å². The average Bonchev–Trinajstić information content (AvgIpc) is 1.61. The number of carbonyl (C=O) groups excluding carboxylic acids is 6. The Morgan fingerprint density at radius 3 is 2.03 bits per heavy atom. The highest BCUT2D eigenvalue weighted by molar-refractivity contribution is 7.15. The van der Waals surface area contributed by atoms with Crippen LogP contribution >= 0.6 is 68.0 Å². The third kappa shape index (κ3) is 16.8. The minimum absolute atomic E-state index is 0.0107. The fourth-order valence-electron chi connectivity index (χ4n) is 12.7. The molecule has 0 unspecified atom stereocenters. The molecule has 2 aromatic carbocycles. The van der Waals surface area contributed by atoms with Gasteiger partial charge in [-0.15, -0.1) is 68.0 Å². The van der Waals surface area contributed by atoms with Gasteiger partial charge in [0, 0.05) is 81.9 Å². The van der Waals surface area contributed by atoms with Crippen molar-refractivity contribution in [1.82, 2.24) is 70.9 Å². The molecule has 6 amide bonds. The van der Waals surface area contributed by atoms with Gasteiger partial charge in [-0.2, -0.15) is 0 Å². The van der Waals surface area contributed by atoms with Gasteiger partial charge in [-0.1, -0.05) is 70.2 Å². The molecule has 1 aliphatic carbocycles. The molecule has 32 heteroatoms. The molecule has 102 heavy (non-hydrogen) atoms. The van der Waals surface area contributed by atoms with Gasteiger partial charge in [-0.05, 0) is 87.6 Å². The number of hydrogen-bond acceptors (Lipinski definition) is 25. The second-order valence-electron chi connectivity index (χ2n) is 25.2. The van der Waals surface area contributed by atoms with E-state index in [0.29, 0.717) is 102 Å². The number of benzene rings is 2. The van der Waals surface area contributed by atoms with E-state index in [4.69, 9.17) is 40.4 Å². The van der Waals surface area contributed by atoms with Gasteiger partial charge in [0.1, 0.15) is 100 Å². The lowest BCUT2D eigenvalue weighted by Gasteiger charge is -2.29. The highest BCUT2D eigenvalue weighted by Crippen LogP contribution is 2.43. The zero-order valence-electron chi connectivity index (χ0n) is 56.4. The summed E-state index contributed by atoms with van der Waals surface area (Å²) in [6.07, 6.45) is -0.839. The lowest BCUT2D eigenvalue weighted by Crippen LogP contribution is -2.50. The first kappa shape index (κ1) is 73.1. The van der Waals surface area contributed by atoms with Crippen molar-refractivity contribution in [3.8, 4) is 49.1 Å². The molecule has 3 aliphatic rings. The summed E-state index contributed by atoms with van der Waals surface area (Å²) in [5.41, 5.74) is 8.95. The summed E-state index contributed by atoms with van der Waals surface area (Å²) in [5.74, 6) is -5.01. The monoisotopic (exact) mass is 1500 g/mol. The van der Waals surface area contributed by atoms with Gasteiger partial charge in [-0.25, -0.2) is 34.9 Å². The number of aromatic nitrogens is 7. The Balaban J connectivity index is 0.900. The zero-order chi connectivity index (χ0) is 71.9. The first-order valence-corrected chi connectivity index (χ1v) is 38.8. The van der Waals surface area contributed by atoms with E-state index >= 15 is 4.79 Å². The molecule has 1 saturated carbocycles. The number of fused-ring (bicyclic) bond motifs is 16. The number of nitrogens with one attached hydrogen (secondary N) is 4. The maximum atomic E-state index is 15.6. The van der Waals surface area contributed by atoms with Gasteiger partial charge in [0.2, 0.25) is 11.8 Å². The Labute approximate surface area is 611 Å². The minimum atomic E-state index is -1.42. The van der Waals surface area contributed by atoms with Crippen molar-refractivity contribution in [1.29, 1.82) is 0 Å². The molecule has 9 N–H and O–H groups in total. The van der Waals surface area contributed by atoms with Crippen LogP contribution in [-0.2, 0) is 20.8 Å². The van der Waals surface area contributed by atoms with Gasteiger partial charge < -0.3 is 56.9 Å². The Kier molecular flexibility index (Phi) is 23.5. The van der Waals surface area contributed by atoms with Crippen molar-refractivity contribution in [2.24, 2.45) is 17.6 Å². The molecule has 1 saturated heterocycles. The fraction of sp³-hybridized carbons (Fsp3) is 0.400. The van der Waals surface area contributed by atoms with Crippen LogP contribution in [0.5, 0.6) is 5.75 Å². The molecule has 2 aliphatic heterocycles. The standard InChI is InChI=1S/C70H77N15O11S6/c1-6-83(7-2)24-25-84(8-3)26-27-96-42-20-14-38(15-21-42)28-46-69(93)85-30-52(86)36(4)57(85)68-80-51(35-101-68)65-76-47(31-98-65)55-43(22-23-44(73-55)64-78-48(33-99-64)59(89)72-41-18-16-40(17-19-41)70(94)95)63-77-49(32-97-63)60(90)74-45(29-53(71)87)66-82-54(37(5)102-66)62(92)81-56(58(88)39-12-10-9-11-13-39)67-79-50(34-100-67)61(91)75-46/h9-15,20-23,31-36,40-41,45-46,52,56-58,86,88H,6-8,16-19,24-30H2,1-5H3,(H2,71,87)(H,72,89)(H,74,90)(H,75,91)(H,81,92)(H,94,95)/t36-,40-,41-,45-,46-,52-,56-,57-,58+/m0/s1. The number of likely N-dealkylation sites (N-methyl/N-ethyl adjacent to an activating group) is 2. The predicted octanol–water partition coefficient (Wildman–Crippen LogP) is 9.00. The maximum Gasteiger partial charge on any atom is 0.306 e. The largest absolute Gasteiger partial charge is 0.492 e. The van der Waals surface area contributed by atoms with E-state index in [0.717, 1.165) is 73.3 Å². The zero-order valence-corrected chi connectivity index (χ0v) is 61.3. The molecule has 534 valence electrons. The molecule has 9 aromatic rings. The maximum absolute atomic E-state index is 15.6. The van der Waals surface area contributed by atoms with Crippen LogP contribution in [0.2, 0.25) is 0 Å². The number of aliphatic hydroxyl groups is 2. The van der Waals surface area contributed by atoms with Crippen LogP contribution in [0.25, 0.3) is 43.4 Å². The number of aryl methyl sites for hydroxylation is 1. The molecule has 7 atom stereocenters. The number of ether oxygens (including phenoxy) is 1. The smallest absolute Gasteiger partial charge is 0.306 e. The van der Waals surface area contributed by atoms with Crippen molar-refractivity contribution in [3.63, 3.8) is 0 Å². The van der Waals surface area contributed by atoms with E-state index in [1.54, 1.807) is 70.4 Å². The highest BCUT2D eigenvalue weighted by Gasteiger charge is 2.46. The van der Waals surface area contributed by atoms with Crippen molar-refractivity contribution >= 4 is 109 Å². The van der Waals surface area contributed by atoms with E-state index in [-0.39, 0.29) is 51.8 Å². The summed E-state index contributed by atoms with van der Waals surface area (Å²) in [5, 5.41) is 55.5. The van der Waals surface area contributed by atoms with E-state index in [9.17, 15) is 44.1 Å². The third-order valence-corrected chi connectivity index (χ3v) is 24.1. The van der Waals surface area contributed by atoms with Crippen LogP contribution in [0, 0.1) is 18.8 Å². The number of carboxylic acids is 1. The van der Waals surface area contributed by atoms with Crippen molar-refractivity contribution in [3.05, 3.63) is 147 Å². The molecule has 10 bridgehead atoms. The Hall–Kier alpha value is -8.70. The molecule has 2 fully saturated rings. The van der Waals surface area contributed by atoms with Crippen LogP contribution in [0.4, 0.5) is 0 Å². The van der Waals surface area contributed by atoms with E-state index in [2.05, 4.69) is 56.8 Å². The first-order chi connectivity index (χ1) is 49.2. The second-order valence-corrected chi connectivity index (χ2v) is 30.8. The molecule has 12 rings (SSSR count). The quantitative estimate of drug-likeness (QED) is 0.0352. The number of primary amides is 1. The SMILES string of the molecule is CCN(CC)CCN(CC)CCOc1ccc(C[C@@H]2NC(=O)c3csc(n3)[C@H]([C@H](O)c3ccccc3)NC(=O)c3nc(sc3C)[C@H](CC(N)=O)NC(=O)c3csc(n3)-c3ccc(-c4nc(C(=O)N[C@H]5CC[C@H](C(=O)O)CC5)cs4)nc3-c3csc(n3)-c3csc(n3)[C@@H]3[C@@H](C)[C@@H](O)CN3C2=O)cc1. The molecular weight excluding hydrogens is 1420 g/mol. The third-order valence-electron chi connectivity index (χ3n) is 18.6. The van der Waals surface area contributed by atoms with Crippen molar-refractivity contribution < 1.29 is 53.6 Å². The fourth-order valence-corrected chi connectivity index (χ4v) is 18.0. The Morgan fingerprint density at radius 1 is 0.667 bits per heavy atom. The molecule has 26 nitrogen and oxygen atoms in total. The number of pyridine rings is 1. The van der Waals surface area contributed by atoms with Crippen LogP contribution in [-0.4, -0.2) is 177 Å². The number of hydrogen-bond donors (Lipinski definition) is 8. The van der Waals surface area contributed by atoms with E-state index < -0.39 is 96.0 Å². The number of carbonyl (C=O) groups is 7. The minimum Gasteiger partial charge on any atom is -0.492 e. The average molecular weight is 1500 g/mol. The highest BCUT2D eigenvalue weighted by atomic mass is 32.1. The normalized spacial score (nSPS) is 20.7. The molecule has 0 spiro atoms. The van der Waals surface area contributed by atoms with Crippen LogP contribution < -0.4 is 31.7 Å². The number of nitrogens with zero attached hydrogens (tertiary/aromatic N) is 10. The Bertz CT molecular complexity index is 4490. The van der Waals surface area contributed by atoms with Gasteiger partial charge in [0.15, 0.2) is 0 Å². The molecule has 0 radical (unpaired) electrons. The topological polar surface area (TPSA) is 364 Å². The number of rotatable bonds is 20. The second kappa shape index (κ2) is 32.7. The van der Waals surface area contributed by atoms with Gasteiger partial charge >= 0.3 is 5.97 Å². The van der Waals surface area contributed by atoms with Gasteiger partial charge in [0.25, 0.3) is 23.6 Å². The first-order valence-electron chi connectivity index (χ1n) is 33.6. The van der Waals surface area contributed by atoms with Crippen LogP contribution in [0.3, 0.4) is 0 Å². The summed E-state index contributed by atoms with van der Waals surface area (Å²) < 4.78 is 6.23. The molecule has 9 heterocycles. The lowest BCUT2D eigenvalue weighted by atomic mass is 9.86. The summed E-state index contributed by atoms with van der Waals surface area (Å²) >= 11 is 6.98. The number of amides is 6. The number of aliphatic hydroxyl groups excluding tert-OH is 2. The lowest BCUT2D eigenvalue weighted by molar-refractivity contribution is -0.143. The summed E-state index contributed by atoms with van der Waals surface area (Å²) in [7, 11) is 0.